The number of nitrogens with one attached hydrogen (secondary N) is 2. The summed E-state index contributed by atoms with van der Waals surface area (Å²) in [5, 5.41) is 10.1. The van der Waals surface area contributed by atoms with Crippen molar-refractivity contribution in [3.05, 3.63) is 43.0 Å². The van der Waals surface area contributed by atoms with Gasteiger partial charge in [0.05, 0.1) is 17.9 Å². The Labute approximate surface area is 119 Å². The summed E-state index contributed by atoms with van der Waals surface area (Å²) in [6, 6.07) is 0. The Morgan fingerprint density at radius 2 is 2.12 bits per heavy atom. The SMILES string of the molecule is N=C1N=C[C-]=C/C1=C1/N=CC(F)=CN1.[CH3-].[Y]. The molecule has 81 valence electrons. The summed E-state index contributed by atoms with van der Waals surface area (Å²) in [7, 11) is 0. The van der Waals surface area contributed by atoms with Crippen molar-refractivity contribution in [2.45, 2.75) is 0 Å². The summed E-state index contributed by atoms with van der Waals surface area (Å²) < 4.78 is 12.5. The molecule has 2 heterocycles. The Hall–Kier alpha value is -0.936. The summed E-state index contributed by atoms with van der Waals surface area (Å²) in [5.74, 6) is 0.0352. The Morgan fingerprint density at radius 1 is 1.38 bits per heavy atom. The fourth-order valence-corrected chi connectivity index (χ4v) is 1.03. The molecule has 1 radical (unpaired) electrons. The van der Waals surface area contributed by atoms with Crippen molar-refractivity contribution < 1.29 is 37.1 Å². The normalized spacial score (nSPS) is 21.8. The van der Waals surface area contributed by atoms with Crippen molar-refractivity contribution in [3.8, 4) is 0 Å². The van der Waals surface area contributed by atoms with E-state index in [9.17, 15) is 4.39 Å². The van der Waals surface area contributed by atoms with E-state index < -0.39 is 5.83 Å². The van der Waals surface area contributed by atoms with Crippen LogP contribution in [0.25, 0.3) is 0 Å². The second kappa shape index (κ2) is 6.60. The molecule has 6 heteroatoms. The predicted molar refractivity (Wildman–Crippen MR) is 58.3 cm³/mol. The van der Waals surface area contributed by atoms with Gasteiger partial charge in [-0.1, -0.05) is 11.8 Å². The quantitative estimate of drug-likeness (QED) is 0.654. The van der Waals surface area contributed by atoms with Crippen LogP contribution in [0.3, 0.4) is 0 Å². The molecule has 4 nitrogen and oxygen atoms in total. The number of dihydropyridines is 1. The van der Waals surface area contributed by atoms with Crippen LogP contribution < -0.4 is 5.32 Å². The van der Waals surface area contributed by atoms with E-state index in [2.05, 4.69) is 21.4 Å². The Balaban J connectivity index is 0.00000112. The molecule has 0 amide bonds. The van der Waals surface area contributed by atoms with Crippen molar-refractivity contribution in [2.75, 3.05) is 0 Å². The first-order valence-corrected chi connectivity index (χ1v) is 3.88. The second-order valence-corrected chi connectivity index (χ2v) is 2.61. The number of aliphatic imine (C=N–C) groups is 2. The van der Waals surface area contributed by atoms with Crippen LogP contribution in [0, 0.1) is 18.9 Å². The van der Waals surface area contributed by atoms with Gasteiger partial charge >= 0.3 is 0 Å². The van der Waals surface area contributed by atoms with Crippen molar-refractivity contribution in [2.24, 2.45) is 9.98 Å². The molecule has 0 spiro atoms. The first-order valence-electron chi connectivity index (χ1n) is 3.88. The Kier molecular flexibility index (Phi) is 6.22. The molecule has 0 aromatic carbocycles. The van der Waals surface area contributed by atoms with E-state index >= 15 is 0 Å². The van der Waals surface area contributed by atoms with Gasteiger partial charge in [-0.05, 0) is 0 Å². The third-order valence-electron chi connectivity index (χ3n) is 1.67. The average molecular weight is 293 g/mol. The van der Waals surface area contributed by atoms with Crippen LogP contribution in [0.1, 0.15) is 0 Å². The number of hydrogen-bond donors (Lipinski definition) is 2. The number of halogens is 1. The van der Waals surface area contributed by atoms with Crippen LogP contribution in [0.5, 0.6) is 0 Å². The molecule has 0 aromatic heterocycles. The van der Waals surface area contributed by atoms with Gasteiger partial charge in [0.1, 0.15) is 0 Å². The molecule has 0 aromatic rings. The number of allylic oxidation sites excluding steroid dienone is 2. The minimum Gasteiger partial charge on any atom is -0.358 e. The van der Waals surface area contributed by atoms with E-state index in [0.29, 0.717) is 11.4 Å². The fourth-order valence-electron chi connectivity index (χ4n) is 1.03. The van der Waals surface area contributed by atoms with Crippen LogP contribution in [0.2, 0.25) is 0 Å². The number of rotatable bonds is 0. The molecule has 2 N–H and O–H groups in total. The van der Waals surface area contributed by atoms with Crippen molar-refractivity contribution in [1.29, 1.82) is 5.41 Å². The Bertz CT molecular complexity index is 432. The van der Waals surface area contributed by atoms with Gasteiger partial charge in [0.25, 0.3) is 0 Å². The standard InChI is InChI=1S/C9H6FN4.CH3.Y/c10-6-4-13-9(14-5-6)7-2-1-3-12-8(7)11;;/h2-5,11,13H;1H3;/q2*-1;/b9-7-,11-8?;;. The van der Waals surface area contributed by atoms with Crippen molar-refractivity contribution in [3.63, 3.8) is 0 Å². The molecule has 0 unspecified atom stereocenters. The first kappa shape index (κ1) is 15.1. The molecule has 0 aliphatic carbocycles. The van der Waals surface area contributed by atoms with Crippen LogP contribution in [0.15, 0.2) is 39.5 Å². The summed E-state index contributed by atoms with van der Waals surface area (Å²) >= 11 is 0. The molecule has 0 saturated carbocycles. The second-order valence-electron chi connectivity index (χ2n) is 2.61. The predicted octanol–water partition coefficient (Wildman–Crippen LogP) is 1.55. The minimum absolute atomic E-state index is 0. The zero-order valence-electron chi connectivity index (χ0n) is 8.66. The Morgan fingerprint density at radius 3 is 2.69 bits per heavy atom. The summed E-state index contributed by atoms with van der Waals surface area (Å²) in [4.78, 5) is 7.53. The third kappa shape index (κ3) is 3.28. The van der Waals surface area contributed by atoms with Crippen LogP contribution in [-0.2, 0) is 32.7 Å². The van der Waals surface area contributed by atoms with Gasteiger partial charge in [-0.3, -0.25) is 9.98 Å². The zero-order valence-corrected chi connectivity index (χ0v) is 11.5. The van der Waals surface area contributed by atoms with Gasteiger partial charge in [-0.2, -0.15) is 0 Å². The van der Waals surface area contributed by atoms with Gasteiger partial charge in [0.2, 0.25) is 0 Å². The maximum absolute atomic E-state index is 12.5. The largest absolute Gasteiger partial charge is 0.358 e. The van der Waals surface area contributed by atoms with Gasteiger partial charge < -0.3 is 18.2 Å². The van der Waals surface area contributed by atoms with Gasteiger partial charge in [0.15, 0.2) is 5.83 Å². The molecular weight excluding hydrogens is 284 g/mol. The van der Waals surface area contributed by atoms with Gasteiger partial charge in [0, 0.05) is 38.9 Å². The fraction of sp³-hybridized carbons (Fsp3) is 0. The maximum Gasteiger partial charge on any atom is 0.157 e. The van der Waals surface area contributed by atoms with Gasteiger partial charge in [-0.25, -0.2) is 16.5 Å². The van der Waals surface area contributed by atoms with Crippen LogP contribution in [-0.4, -0.2) is 18.3 Å². The number of nitrogens with zero attached hydrogens (tertiary/aromatic N) is 2. The van der Waals surface area contributed by atoms with E-state index in [4.69, 9.17) is 5.41 Å². The molecule has 16 heavy (non-hydrogen) atoms. The molecule has 2 rings (SSSR count). The van der Waals surface area contributed by atoms with E-state index in [1.165, 1.54) is 12.4 Å². The molecule has 0 bridgehead atoms. The van der Waals surface area contributed by atoms with E-state index in [1.807, 2.05) is 0 Å². The van der Waals surface area contributed by atoms with Crippen molar-refractivity contribution in [1.82, 2.24) is 5.32 Å². The third-order valence-corrected chi connectivity index (χ3v) is 1.67. The van der Waals surface area contributed by atoms with Crippen LogP contribution >= 0.6 is 0 Å². The maximum atomic E-state index is 12.5. The summed E-state index contributed by atoms with van der Waals surface area (Å²) in [6.45, 7) is 0. The van der Waals surface area contributed by atoms with E-state index in [1.54, 1.807) is 6.08 Å². The monoisotopic (exact) mass is 293 g/mol. The molecule has 2 aliphatic rings. The smallest absolute Gasteiger partial charge is 0.157 e. The zero-order chi connectivity index (χ0) is 9.97. The molecular formula is C10H9FN4Y-2. The topological polar surface area (TPSA) is 60.6 Å². The number of hydrogen-bond acceptors (Lipinski definition) is 3. The minimum atomic E-state index is -0.451. The molecule has 0 saturated heterocycles. The number of amidine groups is 1. The van der Waals surface area contributed by atoms with Crippen LogP contribution in [0.4, 0.5) is 4.39 Å². The summed E-state index contributed by atoms with van der Waals surface area (Å²) in [6.07, 6.45) is 7.96. The van der Waals surface area contributed by atoms with Crippen molar-refractivity contribution >= 4 is 18.3 Å². The summed E-state index contributed by atoms with van der Waals surface area (Å²) in [5.41, 5.74) is 0.493. The molecule has 0 atom stereocenters. The van der Waals surface area contributed by atoms with E-state index in [-0.39, 0.29) is 46.0 Å². The first-order chi connectivity index (χ1) is 6.77. The van der Waals surface area contributed by atoms with Gasteiger partial charge in [-0.15, -0.1) is 0 Å². The average Bonchev–Trinajstić information content (AvgIpc) is 2.20. The van der Waals surface area contributed by atoms with E-state index in [0.717, 1.165) is 6.21 Å². The molecule has 0 fully saturated rings. The molecule has 2 aliphatic heterocycles.